The second-order valence-corrected chi connectivity index (χ2v) is 9.63. The number of benzene rings is 2. The number of hydrogen-bond acceptors (Lipinski definition) is 5. The first-order chi connectivity index (χ1) is 17.5. The van der Waals surface area contributed by atoms with Gasteiger partial charge in [0.25, 0.3) is 0 Å². The van der Waals surface area contributed by atoms with Gasteiger partial charge in [-0.2, -0.15) is 0 Å². The van der Waals surface area contributed by atoms with Gasteiger partial charge in [-0.25, -0.2) is 0 Å². The molecule has 5 rings (SSSR count). The molecule has 0 saturated heterocycles. The summed E-state index contributed by atoms with van der Waals surface area (Å²) in [5, 5.41) is 2.86. The van der Waals surface area contributed by atoms with Gasteiger partial charge in [0.05, 0.1) is 12.5 Å². The Hall–Kier alpha value is -3.55. The van der Waals surface area contributed by atoms with Crippen molar-refractivity contribution in [2.75, 3.05) is 43.1 Å². The summed E-state index contributed by atoms with van der Waals surface area (Å²) in [4.78, 5) is 43.5. The van der Waals surface area contributed by atoms with Gasteiger partial charge in [-0.15, -0.1) is 0 Å². The molecule has 1 aliphatic carbocycles. The molecule has 2 aliphatic heterocycles. The fourth-order valence-corrected chi connectivity index (χ4v) is 5.56. The minimum atomic E-state index is -0.402. The number of likely N-dealkylation sites (N-methyl/N-ethyl adjacent to an activating group) is 1. The summed E-state index contributed by atoms with van der Waals surface area (Å²) in [5.74, 6) is 0.130. The van der Waals surface area contributed by atoms with Crippen LogP contribution in [0.3, 0.4) is 0 Å². The van der Waals surface area contributed by atoms with Crippen LogP contribution < -0.4 is 19.7 Å². The highest BCUT2D eigenvalue weighted by Gasteiger charge is 2.41. The van der Waals surface area contributed by atoms with E-state index >= 15 is 0 Å². The minimum Gasteiger partial charge on any atom is -0.486 e. The predicted octanol–water partition coefficient (Wildman–Crippen LogP) is 3.64. The molecule has 2 aromatic carbocycles. The van der Waals surface area contributed by atoms with Crippen LogP contribution >= 0.6 is 0 Å². The van der Waals surface area contributed by atoms with E-state index in [1.165, 1.54) is 5.56 Å². The van der Waals surface area contributed by atoms with Crippen LogP contribution in [-0.4, -0.2) is 55.5 Å². The molecule has 3 amide bonds. The van der Waals surface area contributed by atoms with Crippen molar-refractivity contribution < 1.29 is 23.9 Å². The molecule has 1 saturated carbocycles. The predicted molar refractivity (Wildman–Crippen MR) is 136 cm³/mol. The van der Waals surface area contributed by atoms with Crippen LogP contribution in [0, 0.1) is 11.8 Å². The molecule has 3 aliphatic rings. The highest BCUT2D eigenvalue weighted by molar-refractivity contribution is 6.00. The second-order valence-electron chi connectivity index (χ2n) is 9.63. The third-order valence-corrected chi connectivity index (χ3v) is 7.41. The topological polar surface area (TPSA) is 88.2 Å². The molecule has 190 valence electrons. The Morgan fingerprint density at radius 3 is 2.56 bits per heavy atom. The van der Waals surface area contributed by atoms with Gasteiger partial charge in [-0.05, 0) is 49.9 Å². The van der Waals surface area contributed by atoms with E-state index in [4.69, 9.17) is 9.47 Å². The number of fused-ring (bicyclic) bond motifs is 2. The summed E-state index contributed by atoms with van der Waals surface area (Å²) in [6, 6.07) is 13.2. The molecular weight excluding hydrogens is 458 g/mol. The third-order valence-electron chi connectivity index (χ3n) is 7.41. The van der Waals surface area contributed by atoms with E-state index in [9.17, 15) is 14.4 Å². The smallest absolute Gasteiger partial charge is 0.243 e. The van der Waals surface area contributed by atoms with E-state index in [1.54, 1.807) is 23.1 Å². The zero-order chi connectivity index (χ0) is 25.1. The molecule has 0 radical (unpaired) electrons. The molecule has 0 aromatic heterocycles. The maximum atomic E-state index is 13.6. The maximum absolute atomic E-state index is 13.6. The van der Waals surface area contributed by atoms with E-state index in [2.05, 4.69) is 11.4 Å². The summed E-state index contributed by atoms with van der Waals surface area (Å²) < 4.78 is 11.1. The van der Waals surface area contributed by atoms with Gasteiger partial charge in [0.2, 0.25) is 17.7 Å². The quantitative estimate of drug-likeness (QED) is 0.667. The average molecular weight is 492 g/mol. The Bertz CT molecular complexity index is 1150. The molecule has 2 atom stereocenters. The van der Waals surface area contributed by atoms with Gasteiger partial charge in [0.15, 0.2) is 11.5 Å². The normalized spacial score (nSPS) is 20.4. The van der Waals surface area contributed by atoms with Crippen molar-refractivity contribution in [1.29, 1.82) is 0 Å². The van der Waals surface area contributed by atoms with Crippen molar-refractivity contribution >= 4 is 29.1 Å². The average Bonchev–Trinajstić information content (AvgIpc) is 3.35. The van der Waals surface area contributed by atoms with Crippen LogP contribution in [-0.2, 0) is 20.8 Å². The summed E-state index contributed by atoms with van der Waals surface area (Å²) in [6.07, 6.45) is 4.07. The second kappa shape index (κ2) is 10.6. The van der Waals surface area contributed by atoms with Gasteiger partial charge < -0.3 is 24.6 Å². The highest BCUT2D eigenvalue weighted by atomic mass is 16.6. The monoisotopic (exact) mass is 491 g/mol. The van der Waals surface area contributed by atoms with Crippen LogP contribution in [0.4, 0.5) is 11.4 Å². The van der Waals surface area contributed by atoms with E-state index < -0.39 is 5.92 Å². The highest BCUT2D eigenvalue weighted by Crippen LogP contribution is 2.37. The number of amides is 3. The van der Waals surface area contributed by atoms with Crippen molar-refractivity contribution in [3.8, 4) is 11.5 Å². The van der Waals surface area contributed by atoms with Crippen LogP contribution in [0.1, 0.15) is 38.2 Å². The zero-order valence-electron chi connectivity index (χ0n) is 20.7. The van der Waals surface area contributed by atoms with E-state index in [-0.39, 0.29) is 30.2 Å². The van der Waals surface area contributed by atoms with E-state index in [0.717, 1.165) is 24.9 Å². The molecule has 2 unspecified atom stereocenters. The zero-order valence-corrected chi connectivity index (χ0v) is 20.7. The first kappa shape index (κ1) is 24.2. The van der Waals surface area contributed by atoms with Crippen molar-refractivity contribution in [2.45, 2.75) is 39.0 Å². The van der Waals surface area contributed by atoms with Crippen molar-refractivity contribution in [1.82, 2.24) is 4.90 Å². The van der Waals surface area contributed by atoms with Crippen LogP contribution in [0.15, 0.2) is 42.5 Å². The van der Waals surface area contributed by atoms with Crippen LogP contribution in [0.5, 0.6) is 11.5 Å². The van der Waals surface area contributed by atoms with Gasteiger partial charge in [-0.3, -0.25) is 14.4 Å². The number of carbonyl (C=O) groups is 3. The van der Waals surface area contributed by atoms with Gasteiger partial charge in [0.1, 0.15) is 13.2 Å². The van der Waals surface area contributed by atoms with Crippen molar-refractivity contribution in [3.63, 3.8) is 0 Å². The van der Waals surface area contributed by atoms with Gasteiger partial charge >= 0.3 is 0 Å². The Morgan fingerprint density at radius 2 is 1.75 bits per heavy atom. The molecule has 1 fully saturated rings. The molecule has 8 nitrogen and oxygen atoms in total. The summed E-state index contributed by atoms with van der Waals surface area (Å²) in [6.45, 7) is 3.83. The Balaban J connectivity index is 1.25. The lowest BCUT2D eigenvalue weighted by Gasteiger charge is -2.35. The largest absolute Gasteiger partial charge is 0.486 e. The number of ether oxygens (including phenoxy) is 2. The summed E-state index contributed by atoms with van der Waals surface area (Å²) >= 11 is 0. The SMILES string of the molecule is CCN(CC(=O)Nc1ccc2c(c1)OCCO2)C(=O)C1CCCCC1C(=O)N1CCc2ccccc21. The molecule has 8 heteroatoms. The number of anilines is 2. The number of nitrogens with one attached hydrogen (secondary N) is 1. The Morgan fingerprint density at radius 1 is 1.00 bits per heavy atom. The van der Waals surface area contributed by atoms with E-state index in [0.29, 0.717) is 56.3 Å². The van der Waals surface area contributed by atoms with Crippen LogP contribution in [0.2, 0.25) is 0 Å². The lowest BCUT2D eigenvalue weighted by molar-refractivity contribution is -0.144. The summed E-state index contributed by atoms with van der Waals surface area (Å²) in [5.41, 5.74) is 2.73. The first-order valence-electron chi connectivity index (χ1n) is 12.9. The molecule has 0 bridgehead atoms. The lowest BCUT2D eigenvalue weighted by atomic mass is 9.77. The lowest BCUT2D eigenvalue weighted by Crippen LogP contribution is -2.48. The first-order valence-corrected chi connectivity index (χ1v) is 12.9. The third kappa shape index (κ3) is 4.90. The minimum absolute atomic E-state index is 0.0368. The number of nitrogens with zero attached hydrogens (tertiary/aromatic N) is 2. The number of rotatable bonds is 6. The number of hydrogen-bond donors (Lipinski definition) is 1. The maximum Gasteiger partial charge on any atom is 0.243 e. The molecule has 36 heavy (non-hydrogen) atoms. The Labute approximate surface area is 211 Å². The van der Waals surface area contributed by atoms with Crippen LogP contribution in [0.25, 0.3) is 0 Å². The number of carbonyl (C=O) groups excluding carboxylic acids is 3. The molecule has 1 N–H and O–H groups in total. The molecule has 2 aromatic rings. The van der Waals surface area contributed by atoms with Crippen molar-refractivity contribution in [3.05, 3.63) is 48.0 Å². The Kier molecular flexibility index (Phi) is 7.11. The van der Waals surface area contributed by atoms with E-state index in [1.807, 2.05) is 30.0 Å². The molecule has 0 spiro atoms. The summed E-state index contributed by atoms with van der Waals surface area (Å²) in [7, 11) is 0. The fraction of sp³-hybridized carbons (Fsp3) is 0.464. The standard InChI is InChI=1S/C28H33N3O5/c1-2-30(18-26(32)29-20-11-12-24-25(17-20)36-16-15-35-24)27(33)21-8-4-5-9-22(21)28(34)31-14-13-19-7-3-6-10-23(19)31/h3,6-7,10-12,17,21-22H,2,4-5,8-9,13-16,18H2,1H3,(H,29,32). The van der Waals surface area contributed by atoms with Gasteiger partial charge in [0, 0.05) is 36.4 Å². The molecule has 2 heterocycles. The fourth-order valence-electron chi connectivity index (χ4n) is 5.56. The molecular formula is C28H33N3O5. The van der Waals surface area contributed by atoms with Gasteiger partial charge in [-0.1, -0.05) is 31.0 Å². The van der Waals surface area contributed by atoms with Crippen molar-refractivity contribution in [2.24, 2.45) is 11.8 Å². The number of para-hydroxylation sites is 1.